The molecule has 0 saturated carbocycles. The summed E-state index contributed by atoms with van der Waals surface area (Å²) < 4.78 is 5.85. The zero-order valence-corrected chi connectivity index (χ0v) is 16.0. The zero-order chi connectivity index (χ0) is 18.7. The van der Waals surface area contributed by atoms with Gasteiger partial charge in [0.2, 0.25) is 11.8 Å². The van der Waals surface area contributed by atoms with E-state index >= 15 is 0 Å². The number of aryl methyl sites for hydroxylation is 1. The molecular weight excluding hydrogens is 330 g/mol. The predicted molar refractivity (Wildman–Crippen MR) is 99.8 cm³/mol. The third-order valence-electron chi connectivity index (χ3n) is 5.34. The van der Waals surface area contributed by atoms with Crippen LogP contribution >= 0.6 is 0 Å². The van der Waals surface area contributed by atoms with Gasteiger partial charge in [0.25, 0.3) is 0 Å². The van der Waals surface area contributed by atoms with Crippen molar-refractivity contribution in [2.45, 2.75) is 45.6 Å². The van der Waals surface area contributed by atoms with Crippen molar-refractivity contribution >= 4 is 11.8 Å². The van der Waals surface area contributed by atoms with Gasteiger partial charge in [-0.2, -0.15) is 0 Å². The van der Waals surface area contributed by atoms with Crippen molar-refractivity contribution in [3.8, 4) is 0 Å². The first kappa shape index (κ1) is 18.7. The Morgan fingerprint density at radius 3 is 2.77 bits per heavy atom. The van der Waals surface area contributed by atoms with Gasteiger partial charge in [0.05, 0.1) is 18.5 Å². The van der Waals surface area contributed by atoms with Gasteiger partial charge < -0.3 is 14.6 Å². The Bertz CT molecular complexity index is 694. The van der Waals surface area contributed by atoms with Crippen molar-refractivity contribution in [1.29, 1.82) is 0 Å². The molecule has 1 aromatic rings. The first-order valence-corrected chi connectivity index (χ1v) is 9.44. The van der Waals surface area contributed by atoms with Gasteiger partial charge in [-0.1, -0.05) is 11.6 Å². The predicted octanol–water partition coefficient (Wildman–Crippen LogP) is 2.06. The molecular formula is C20H29N3O3. The van der Waals surface area contributed by atoms with Crippen LogP contribution in [0.1, 0.15) is 44.1 Å². The van der Waals surface area contributed by atoms with Crippen LogP contribution in [0.15, 0.2) is 28.2 Å². The number of carbonyl (C=O) groups is 2. The summed E-state index contributed by atoms with van der Waals surface area (Å²) in [6.07, 6.45) is 3.53. The third kappa shape index (κ3) is 4.36. The molecule has 2 aliphatic heterocycles. The Kier molecular flexibility index (Phi) is 5.81. The molecule has 1 aromatic heterocycles. The molecule has 0 bridgehead atoms. The van der Waals surface area contributed by atoms with Crippen molar-refractivity contribution in [2.24, 2.45) is 0 Å². The average molecular weight is 359 g/mol. The number of allylic oxidation sites excluding steroid dienone is 1. The second-order valence-corrected chi connectivity index (χ2v) is 7.48. The fourth-order valence-corrected chi connectivity index (χ4v) is 3.84. The van der Waals surface area contributed by atoms with E-state index in [2.05, 4.69) is 23.2 Å². The number of likely N-dealkylation sites (tertiary alicyclic amines) is 2. The van der Waals surface area contributed by atoms with E-state index in [9.17, 15) is 9.59 Å². The molecule has 6 heteroatoms. The summed E-state index contributed by atoms with van der Waals surface area (Å²) in [7, 11) is 0. The minimum Gasteiger partial charge on any atom is -0.466 e. The fourth-order valence-electron chi connectivity index (χ4n) is 3.84. The summed E-state index contributed by atoms with van der Waals surface area (Å²) in [5.41, 5.74) is 1.31. The molecule has 6 nitrogen and oxygen atoms in total. The van der Waals surface area contributed by atoms with Crippen LogP contribution < -0.4 is 5.32 Å². The van der Waals surface area contributed by atoms with Crippen molar-refractivity contribution in [3.63, 3.8) is 0 Å². The van der Waals surface area contributed by atoms with Crippen LogP contribution in [-0.4, -0.2) is 60.4 Å². The van der Waals surface area contributed by atoms with Crippen LogP contribution in [0, 0.1) is 6.92 Å². The van der Waals surface area contributed by atoms with Crippen molar-refractivity contribution in [2.75, 3.05) is 32.7 Å². The van der Waals surface area contributed by atoms with E-state index in [0.717, 1.165) is 37.6 Å². The van der Waals surface area contributed by atoms with Gasteiger partial charge in [-0.3, -0.25) is 14.5 Å². The van der Waals surface area contributed by atoms with Gasteiger partial charge in [-0.25, -0.2) is 0 Å². The lowest BCUT2D eigenvalue weighted by Gasteiger charge is -2.21. The number of nitrogens with zero attached hydrogens (tertiary/aromatic N) is 2. The van der Waals surface area contributed by atoms with Crippen LogP contribution in [-0.2, 0) is 9.59 Å². The molecule has 3 heterocycles. The molecule has 0 aliphatic carbocycles. The molecule has 26 heavy (non-hydrogen) atoms. The molecule has 2 fully saturated rings. The minimum absolute atomic E-state index is 0.00425. The van der Waals surface area contributed by atoms with Crippen LogP contribution in [0.2, 0.25) is 0 Å². The van der Waals surface area contributed by atoms with E-state index in [1.165, 1.54) is 5.57 Å². The number of rotatable bonds is 6. The lowest BCUT2D eigenvalue weighted by molar-refractivity contribution is -0.133. The summed E-state index contributed by atoms with van der Waals surface area (Å²) in [4.78, 5) is 28.3. The van der Waals surface area contributed by atoms with E-state index in [1.807, 2.05) is 26.0 Å². The van der Waals surface area contributed by atoms with Gasteiger partial charge in [0.15, 0.2) is 0 Å². The van der Waals surface area contributed by atoms with E-state index in [-0.39, 0.29) is 30.3 Å². The number of hydrogen-bond donors (Lipinski definition) is 1. The van der Waals surface area contributed by atoms with Gasteiger partial charge in [0, 0.05) is 32.6 Å². The Morgan fingerprint density at radius 2 is 2.15 bits per heavy atom. The lowest BCUT2D eigenvalue weighted by atomic mass is 10.0. The van der Waals surface area contributed by atoms with Crippen LogP contribution in [0.3, 0.4) is 0 Å². The largest absolute Gasteiger partial charge is 0.466 e. The van der Waals surface area contributed by atoms with E-state index in [0.29, 0.717) is 13.0 Å². The number of hydrogen-bond acceptors (Lipinski definition) is 4. The van der Waals surface area contributed by atoms with Gasteiger partial charge in [-0.15, -0.1) is 0 Å². The van der Waals surface area contributed by atoms with E-state index in [4.69, 9.17) is 4.42 Å². The molecule has 0 spiro atoms. The Labute approximate surface area is 155 Å². The van der Waals surface area contributed by atoms with Crippen LogP contribution in [0.4, 0.5) is 0 Å². The normalized spacial score (nSPS) is 24.5. The maximum atomic E-state index is 12.5. The molecule has 2 amide bonds. The third-order valence-corrected chi connectivity index (χ3v) is 5.34. The molecule has 0 unspecified atom stereocenters. The highest BCUT2D eigenvalue weighted by atomic mass is 16.3. The fraction of sp³-hybridized carbons (Fsp3) is 0.600. The Morgan fingerprint density at radius 1 is 1.35 bits per heavy atom. The second kappa shape index (κ2) is 8.08. The Hall–Kier alpha value is -2.08. The summed E-state index contributed by atoms with van der Waals surface area (Å²) in [6, 6.07) is 3.97. The molecule has 142 valence electrons. The maximum absolute atomic E-state index is 12.5. The standard InChI is InChI=1S/C20H29N3O3/c1-4-14(2)10-22-11-16(18-8-7-15(3)26-18)17(12-22)21-19(24)13-23-9-5-6-20(23)25/h4,7-8,16-17H,5-6,9-13H2,1-3H3,(H,21,24)/b14-4+/t16-,17-/m0/s1. The number of nitrogens with one attached hydrogen (secondary N) is 1. The van der Waals surface area contributed by atoms with Crippen molar-refractivity contribution in [3.05, 3.63) is 35.3 Å². The number of carbonyl (C=O) groups excluding carboxylic acids is 2. The number of amides is 2. The summed E-state index contributed by atoms with van der Waals surface area (Å²) in [6.45, 7) is 9.48. The molecule has 0 radical (unpaired) electrons. The topological polar surface area (TPSA) is 65.8 Å². The highest BCUT2D eigenvalue weighted by Crippen LogP contribution is 2.29. The van der Waals surface area contributed by atoms with Gasteiger partial charge >= 0.3 is 0 Å². The van der Waals surface area contributed by atoms with Crippen LogP contribution in [0.5, 0.6) is 0 Å². The van der Waals surface area contributed by atoms with E-state index in [1.54, 1.807) is 4.90 Å². The second-order valence-electron chi connectivity index (χ2n) is 7.48. The van der Waals surface area contributed by atoms with Crippen LogP contribution in [0.25, 0.3) is 0 Å². The zero-order valence-electron chi connectivity index (χ0n) is 16.0. The molecule has 2 aliphatic rings. The molecule has 1 N–H and O–H groups in total. The quantitative estimate of drug-likeness (QED) is 0.790. The summed E-state index contributed by atoms with van der Waals surface area (Å²) in [5, 5.41) is 3.15. The first-order valence-electron chi connectivity index (χ1n) is 9.44. The Balaban J connectivity index is 1.67. The number of furan rings is 1. The molecule has 2 atom stereocenters. The SMILES string of the molecule is C/C=C(\C)CN1C[C@H](NC(=O)CN2CCCC2=O)[C@@H](c2ccc(C)o2)C1. The first-order chi connectivity index (χ1) is 12.5. The molecule has 2 saturated heterocycles. The smallest absolute Gasteiger partial charge is 0.239 e. The summed E-state index contributed by atoms with van der Waals surface area (Å²) >= 11 is 0. The lowest BCUT2D eigenvalue weighted by Crippen LogP contribution is -2.45. The monoisotopic (exact) mass is 359 g/mol. The van der Waals surface area contributed by atoms with E-state index < -0.39 is 0 Å². The molecule has 3 rings (SSSR count). The van der Waals surface area contributed by atoms with Crippen molar-refractivity contribution in [1.82, 2.24) is 15.1 Å². The molecule has 0 aromatic carbocycles. The highest BCUT2D eigenvalue weighted by molar-refractivity contribution is 5.86. The average Bonchev–Trinajstić information content (AvgIpc) is 3.29. The maximum Gasteiger partial charge on any atom is 0.239 e. The van der Waals surface area contributed by atoms with Crippen molar-refractivity contribution < 1.29 is 14.0 Å². The van der Waals surface area contributed by atoms with Gasteiger partial charge in [0.1, 0.15) is 11.5 Å². The summed E-state index contributed by atoms with van der Waals surface area (Å²) in [5.74, 6) is 1.94. The highest BCUT2D eigenvalue weighted by Gasteiger charge is 2.37. The van der Waals surface area contributed by atoms with Gasteiger partial charge in [-0.05, 0) is 39.3 Å². The minimum atomic E-state index is -0.0804.